The highest BCUT2D eigenvalue weighted by Gasteiger charge is 2.42. The van der Waals surface area contributed by atoms with Crippen molar-refractivity contribution in [2.24, 2.45) is 0 Å². The minimum atomic E-state index is -0.305. The number of carbonyl (C=O) groups is 2. The summed E-state index contributed by atoms with van der Waals surface area (Å²) < 4.78 is 0.847. The third kappa shape index (κ3) is 2.15. The first-order chi connectivity index (χ1) is 9.08. The van der Waals surface area contributed by atoms with Crippen LogP contribution in [0.5, 0.6) is 0 Å². The second-order valence-corrected chi connectivity index (χ2v) is 6.09. The molecule has 0 aromatic heterocycles. The molecule has 1 aromatic rings. The molecule has 4 nitrogen and oxygen atoms in total. The predicted molar refractivity (Wildman–Crippen MR) is 76.2 cm³/mol. The standard InChI is InChI=1S/C13H12BrClN2O2/c14-8-3-4-10(9(15)6-8)17-7-12(18)16-5-1-2-11(16)13(17)19/h3-4,6,11H,1-2,5,7H2. The lowest BCUT2D eigenvalue weighted by Crippen LogP contribution is -2.57. The molecule has 2 saturated heterocycles. The summed E-state index contributed by atoms with van der Waals surface area (Å²) >= 11 is 9.50. The number of benzene rings is 1. The average Bonchev–Trinajstić information content (AvgIpc) is 2.84. The van der Waals surface area contributed by atoms with Gasteiger partial charge >= 0.3 is 0 Å². The Kier molecular flexibility index (Phi) is 3.27. The van der Waals surface area contributed by atoms with Crippen LogP contribution in [0.3, 0.4) is 0 Å². The maximum Gasteiger partial charge on any atom is 0.250 e. The van der Waals surface area contributed by atoms with Crippen molar-refractivity contribution in [1.82, 2.24) is 4.90 Å². The highest BCUT2D eigenvalue weighted by Crippen LogP contribution is 2.33. The number of rotatable bonds is 1. The van der Waals surface area contributed by atoms with Crippen molar-refractivity contribution in [2.45, 2.75) is 18.9 Å². The monoisotopic (exact) mass is 342 g/mol. The summed E-state index contributed by atoms with van der Waals surface area (Å²) in [6.45, 7) is 0.772. The van der Waals surface area contributed by atoms with Gasteiger partial charge in [0.15, 0.2) is 0 Å². The molecule has 0 radical (unpaired) electrons. The number of hydrogen-bond acceptors (Lipinski definition) is 2. The molecule has 1 unspecified atom stereocenters. The van der Waals surface area contributed by atoms with E-state index < -0.39 is 0 Å². The normalized spacial score (nSPS) is 22.9. The van der Waals surface area contributed by atoms with Crippen LogP contribution in [0.4, 0.5) is 5.69 Å². The Bertz CT molecular complexity index is 564. The van der Waals surface area contributed by atoms with Gasteiger partial charge < -0.3 is 4.90 Å². The van der Waals surface area contributed by atoms with E-state index in [2.05, 4.69) is 15.9 Å². The number of piperazine rings is 1. The summed E-state index contributed by atoms with van der Waals surface area (Å²) in [5.74, 6) is -0.0255. The number of anilines is 1. The van der Waals surface area contributed by atoms with Crippen LogP contribution in [0.15, 0.2) is 22.7 Å². The van der Waals surface area contributed by atoms with E-state index in [0.717, 1.165) is 17.3 Å². The van der Waals surface area contributed by atoms with Crippen LogP contribution in [0.2, 0.25) is 5.02 Å². The average molecular weight is 344 g/mol. The van der Waals surface area contributed by atoms with Crippen LogP contribution in [0, 0.1) is 0 Å². The first-order valence-corrected chi connectivity index (χ1v) is 7.31. The van der Waals surface area contributed by atoms with Gasteiger partial charge in [0.25, 0.3) is 0 Å². The van der Waals surface area contributed by atoms with Crippen LogP contribution in [0.1, 0.15) is 12.8 Å². The number of carbonyl (C=O) groups excluding carboxylic acids is 2. The topological polar surface area (TPSA) is 40.6 Å². The van der Waals surface area contributed by atoms with Gasteiger partial charge in [0.1, 0.15) is 12.6 Å². The van der Waals surface area contributed by atoms with Crippen LogP contribution >= 0.6 is 27.5 Å². The fraction of sp³-hybridized carbons (Fsp3) is 0.385. The predicted octanol–water partition coefficient (Wildman–Crippen LogP) is 2.44. The minimum Gasteiger partial charge on any atom is -0.329 e. The molecule has 2 amide bonds. The van der Waals surface area contributed by atoms with Gasteiger partial charge in [-0.2, -0.15) is 0 Å². The van der Waals surface area contributed by atoms with E-state index in [-0.39, 0.29) is 24.4 Å². The molecule has 2 fully saturated rings. The zero-order valence-corrected chi connectivity index (χ0v) is 12.4. The second-order valence-electron chi connectivity index (χ2n) is 4.77. The summed E-state index contributed by atoms with van der Waals surface area (Å²) in [7, 11) is 0. The zero-order chi connectivity index (χ0) is 13.6. The summed E-state index contributed by atoms with van der Waals surface area (Å²) in [5.41, 5.74) is 0.606. The lowest BCUT2D eigenvalue weighted by molar-refractivity contribution is -0.140. The fourth-order valence-corrected chi connectivity index (χ4v) is 3.49. The third-order valence-electron chi connectivity index (χ3n) is 3.62. The third-order valence-corrected chi connectivity index (χ3v) is 4.41. The van der Waals surface area contributed by atoms with Crippen molar-refractivity contribution in [3.8, 4) is 0 Å². The van der Waals surface area contributed by atoms with Crippen molar-refractivity contribution in [1.29, 1.82) is 0 Å². The molecule has 19 heavy (non-hydrogen) atoms. The van der Waals surface area contributed by atoms with Crippen LogP contribution in [-0.2, 0) is 9.59 Å². The van der Waals surface area contributed by atoms with E-state index in [1.54, 1.807) is 17.0 Å². The van der Waals surface area contributed by atoms with Gasteiger partial charge in [-0.15, -0.1) is 0 Å². The first-order valence-electron chi connectivity index (χ1n) is 6.14. The molecule has 1 atom stereocenters. The summed E-state index contributed by atoms with van der Waals surface area (Å²) in [5, 5.41) is 0.474. The van der Waals surface area contributed by atoms with E-state index in [9.17, 15) is 9.59 Å². The fourth-order valence-electron chi connectivity index (χ4n) is 2.71. The molecule has 6 heteroatoms. The lowest BCUT2D eigenvalue weighted by Gasteiger charge is -2.36. The lowest BCUT2D eigenvalue weighted by atomic mass is 10.1. The van der Waals surface area contributed by atoms with Crippen LogP contribution in [0.25, 0.3) is 0 Å². The van der Waals surface area contributed by atoms with Gasteiger partial charge in [0.2, 0.25) is 11.8 Å². The number of nitrogens with zero attached hydrogens (tertiary/aromatic N) is 2. The van der Waals surface area contributed by atoms with E-state index in [4.69, 9.17) is 11.6 Å². The van der Waals surface area contributed by atoms with E-state index in [1.165, 1.54) is 4.90 Å². The molecule has 2 aliphatic heterocycles. The van der Waals surface area contributed by atoms with Crippen molar-refractivity contribution in [3.05, 3.63) is 27.7 Å². The summed E-state index contributed by atoms with van der Waals surface area (Å²) in [4.78, 5) is 27.7. The van der Waals surface area contributed by atoms with Crippen LogP contribution < -0.4 is 4.90 Å². The van der Waals surface area contributed by atoms with E-state index in [0.29, 0.717) is 17.3 Å². The number of hydrogen-bond donors (Lipinski definition) is 0. The smallest absolute Gasteiger partial charge is 0.250 e. The molecular formula is C13H12BrClN2O2. The molecule has 0 spiro atoms. The van der Waals surface area contributed by atoms with Gasteiger partial charge in [0.05, 0.1) is 10.7 Å². The van der Waals surface area contributed by atoms with Gasteiger partial charge in [0, 0.05) is 11.0 Å². The quantitative estimate of drug-likeness (QED) is 0.786. The number of fused-ring (bicyclic) bond motifs is 1. The highest BCUT2D eigenvalue weighted by atomic mass is 79.9. The Morgan fingerprint density at radius 1 is 1.32 bits per heavy atom. The molecule has 0 N–H and O–H groups in total. The van der Waals surface area contributed by atoms with Gasteiger partial charge in [-0.1, -0.05) is 27.5 Å². The molecule has 0 saturated carbocycles. The maximum atomic E-state index is 12.5. The first kappa shape index (κ1) is 12.9. The van der Waals surface area contributed by atoms with Crippen molar-refractivity contribution in [2.75, 3.05) is 18.0 Å². The van der Waals surface area contributed by atoms with Crippen molar-refractivity contribution < 1.29 is 9.59 Å². The number of halogens is 2. The zero-order valence-electron chi connectivity index (χ0n) is 10.1. The van der Waals surface area contributed by atoms with E-state index in [1.807, 2.05) is 6.07 Å². The molecule has 0 bridgehead atoms. The molecular weight excluding hydrogens is 332 g/mol. The summed E-state index contributed by atoms with van der Waals surface area (Å²) in [6.07, 6.45) is 1.64. The summed E-state index contributed by atoms with van der Waals surface area (Å²) in [6, 6.07) is 5.01. The Morgan fingerprint density at radius 3 is 2.84 bits per heavy atom. The maximum absolute atomic E-state index is 12.5. The molecule has 0 aliphatic carbocycles. The van der Waals surface area contributed by atoms with Gasteiger partial charge in [-0.3, -0.25) is 14.5 Å². The van der Waals surface area contributed by atoms with Crippen LogP contribution in [-0.4, -0.2) is 35.8 Å². The second kappa shape index (κ2) is 4.80. The molecule has 100 valence electrons. The van der Waals surface area contributed by atoms with Crippen molar-refractivity contribution >= 4 is 45.0 Å². The largest absolute Gasteiger partial charge is 0.329 e. The SMILES string of the molecule is O=C1C2CCCN2C(=O)CN1c1ccc(Br)cc1Cl. The van der Waals surface area contributed by atoms with Crippen molar-refractivity contribution in [3.63, 3.8) is 0 Å². The Morgan fingerprint density at radius 2 is 2.11 bits per heavy atom. The Hall–Kier alpha value is -1.07. The molecule has 2 aliphatic rings. The Balaban J connectivity index is 1.96. The molecule has 1 aromatic carbocycles. The van der Waals surface area contributed by atoms with E-state index >= 15 is 0 Å². The Labute approximate surface area is 124 Å². The van der Waals surface area contributed by atoms with Gasteiger partial charge in [-0.05, 0) is 31.0 Å². The molecule has 2 heterocycles. The highest BCUT2D eigenvalue weighted by molar-refractivity contribution is 9.10. The van der Waals surface area contributed by atoms with Gasteiger partial charge in [-0.25, -0.2) is 0 Å². The minimum absolute atomic E-state index is 0.00101. The molecule has 3 rings (SSSR count). The number of amides is 2.